The Kier molecular flexibility index (Phi) is 2.84. The monoisotopic (exact) mass is 109 g/mol. The van der Waals surface area contributed by atoms with Gasteiger partial charge in [0.25, 0.3) is 0 Å². The largest absolute Gasteiger partial charge is 0.369 e. The third-order valence-electron chi connectivity index (χ3n) is 0.197. The molecule has 0 saturated carbocycles. The van der Waals surface area contributed by atoms with Crippen LogP contribution in [0.5, 0.6) is 0 Å². The van der Waals surface area contributed by atoms with Gasteiger partial charge in [-0.3, -0.25) is 4.79 Å². The Balaban J connectivity index is 2.83. The van der Waals surface area contributed by atoms with Crippen molar-refractivity contribution in [2.45, 2.75) is 0 Å². The van der Waals surface area contributed by atoms with E-state index >= 15 is 0 Å². The van der Waals surface area contributed by atoms with Crippen molar-refractivity contribution in [2.75, 3.05) is 5.75 Å². The standard InChI is InChI=1S/C2H4FNOS/c3-6-1-2(4)5/h1H2,(H2,4,5). The van der Waals surface area contributed by atoms with Crippen molar-refractivity contribution >= 4 is 18.1 Å². The van der Waals surface area contributed by atoms with Gasteiger partial charge in [-0.1, -0.05) is 0 Å². The first-order valence-corrected chi connectivity index (χ1v) is 2.18. The summed E-state index contributed by atoms with van der Waals surface area (Å²) < 4.78 is 10.9. The maximum atomic E-state index is 10.9. The molecule has 36 valence electrons. The molecule has 0 atom stereocenters. The topological polar surface area (TPSA) is 43.1 Å². The Morgan fingerprint density at radius 3 is 2.50 bits per heavy atom. The van der Waals surface area contributed by atoms with Gasteiger partial charge in [0, 0.05) is 0 Å². The molecule has 0 saturated heterocycles. The van der Waals surface area contributed by atoms with Gasteiger partial charge < -0.3 is 5.73 Å². The van der Waals surface area contributed by atoms with Crippen LogP contribution in [0, 0.1) is 0 Å². The zero-order valence-corrected chi connectivity index (χ0v) is 3.80. The molecule has 0 heterocycles. The van der Waals surface area contributed by atoms with Crippen LogP contribution in [-0.2, 0) is 4.79 Å². The molecule has 0 aromatic rings. The number of rotatable bonds is 2. The summed E-state index contributed by atoms with van der Waals surface area (Å²) in [6.07, 6.45) is 0. The lowest BCUT2D eigenvalue weighted by molar-refractivity contribution is -0.115. The first kappa shape index (κ1) is 5.75. The Hall–Kier alpha value is -0.250. The molecule has 0 unspecified atom stereocenters. The molecule has 0 aromatic carbocycles. The Bertz CT molecular complexity index is 57.5. The highest BCUT2D eigenvalue weighted by atomic mass is 32.2. The normalized spacial score (nSPS) is 8.17. The van der Waals surface area contributed by atoms with Gasteiger partial charge in [-0.25, -0.2) is 0 Å². The van der Waals surface area contributed by atoms with Crippen LogP contribution in [0.1, 0.15) is 0 Å². The van der Waals surface area contributed by atoms with E-state index in [2.05, 4.69) is 5.73 Å². The lowest BCUT2D eigenvalue weighted by atomic mass is 10.8. The second-order valence-corrected chi connectivity index (χ2v) is 1.23. The summed E-state index contributed by atoms with van der Waals surface area (Å²) in [5.41, 5.74) is 4.50. The highest BCUT2D eigenvalue weighted by Crippen LogP contribution is 1.95. The molecule has 0 fully saturated rings. The highest BCUT2D eigenvalue weighted by molar-refractivity contribution is 7.94. The smallest absolute Gasteiger partial charge is 0.230 e. The van der Waals surface area contributed by atoms with Crippen molar-refractivity contribution in [3.8, 4) is 0 Å². The van der Waals surface area contributed by atoms with Crippen molar-refractivity contribution in [3.05, 3.63) is 0 Å². The molecule has 4 heteroatoms. The Labute approximate surface area is 39.2 Å². The number of amides is 1. The summed E-state index contributed by atoms with van der Waals surface area (Å²) in [6.45, 7) is 0. The van der Waals surface area contributed by atoms with Crippen LogP contribution in [0.3, 0.4) is 0 Å². The van der Waals surface area contributed by atoms with E-state index in [1.165, 1.54) is 0 Å². The fourth-order valence-electron chi connectivity index (χ4n) is 0.0538. The van der Waals surface area contributed by atoms with Gasteiger partial charge in [0.1, 0.15) is 5.75 Å². The Morgan fingerprint density at radius 1 is 2.00 bits per heavy atom. The molecule has 2 nitrogen and oxygen atoms in total. The molecule has 6 heavy (non-hydrogen) atoms. The molecular weight excluding hydrogens is 105 g/mol. The van der Waals surface area contributed by atoms with E-state index in [1.54, 1.807) is 0 Å². The number of hydrogen-bond acceptors (Lipinski definition) is 2. The molecule has 0 bridgehead atoms. The summed E-state index contributed by atoms with van der Waals surface area (Å²) in [5, 5.41) is 0. The van der Waals surface area contributed by atoms with Crippen molar-refractivity contribution < 1.29 is 8.68 Å². The van der Waals surface area contributed by atoms with Gasteiger partial charge in [-0.2, -0.15) is 3.89 Å². The predicted molar refractivity (Wildman–Crippen MR) is 22.8 cm³/mol. The van der Waals surface area contributed by atoms with Gasteiger partial charge in [-0.05, 0) is 0 Å². The van der Waals surface area contributed by atoms with Gasteiger partial charge in [0.05, 0.1) is 12.1 Å². The Morgan fingerprint density at radius 2 is 2.50 bits per heavy atom. The lowest BCUT2D eigenvalue weighted by Gasteiger charge is -1.77. The van der Waals surface area contributed by atoms with Crippen molar-refractivity contribution in [3.63, 3.8) is 0 Å². The van der Waals surface area contributed by atoms with E-state index in [9.17, 15) is 8.68 Å². The van der Waals surface area contributed by atoms with Crippen molar-refractivity contribution in [1.29, 1.82) is 0 Å². The summed E-state index contributed by atoms with van der Waals surface area (Å²) >= 11 is -0.0648. The third kappa shape index (κ3) is 3.75. The van der Waals surface area contributed by atoms with E-state index in [0.717, 1.165) is 0 Å². The van der Waals surface area contributed by atoms with Crippen LogP contribution in [-0.4, -0.2) is 11.7 Å². The maximum Gasteiger partial charge on any atom is 0.230 e. The molecule has 0 radical (unpaired) electrons. The number of carbonyl (C=O) groups is 1. The van der Waals surface area contributed by atoms with Gasteiger partial charge >= 0.3 is 0 Å². The molecule has 0 spiro atoms. The second-order valence-electron chi connectivity index (χ2n) is 0.720. The SMILES string of the molecule is NC(=O)CSF. The van der Waals surface area contributed by atoms with Crippen LogP contribution < -0.4 is 5.73 Å². The zero-order chi connectivity index (χ0) is 4.99. The van der Waals surface area contributed by atoms with E-state index < -0.39 is 5.91 Å². The summed E-state index contributed by atoms with van der Waals surface area (Å²) in [4.78, 5) is 9.56. The molecule has 0 aliphatic rings. The number of nitrogens with two attached hydrogens (primary N) is 1. The minimum Gasteiger partial charge on any atom is -0.369 e. The van der Waals surface area contributed by atoms with Gasteiger partial charge in [0.15, 0.2) is 0 Å². The number of hydrogen-bond donors (Lipinski definition) is 1. The number of halogens is 1. The molecule has 2 N–H and O–H groups in total. The quantitative estimate of drug-likeness (QED) is 0.546. The average Bonchev–Trinajstić information content (AvgIpc) is 1.35. The van der Waals surface area contributed by atoms with Crippen molar-refractivity contribution in [2.24, 2.45) is 5.73 Å². The fraction of sp³-hybridized carbons (Fsp3) is 0.500. The van der Waals surface area contributed by atoms with Crippen LogP contribution in [0.25, 0.3) is 0 Å². The molecule has 0 aliphatic carbocycles. The zero-order valence-electron chi connectivity index (χ0n) is 2.98. The first-order valence-electron chi connectivity index (χ1n) is 1.29. The van der Waals surface area contributed by atoms with Crippen LogP contribution in [0.4, 0.5) is 3.89 Å². The fourth-order valence-corrected chi connectivity index (χ4v) is 0.161. The second kappa shape index (κ2) is 2.96. The number of carbonyl (C=O) groups excluding carboxylic acids is 1. The van der Waals surface area contributed by atoms with Gasteiger partial charge in [0.2, 0.25) is 5.91 Å². The molecule has 0 aliphatic heterocycles. The summed E-state index contributed by atoms with van der Waals surface area (Å²) in [5.74, 6) is -0.859. The van der Waals surface area contributed by atoms with Gasteiger partial charge in [-0.15, -0.1) is 0 Å². The molecular formula is C2H4FNOS. The van der Waals surface area contributed by atoms with E-state index in [-0.39, 0.29) is 17.9 Å². The minimum atomic E-state index is -0.623. The van der Waals surface area contributed by atoms with E-state index in [0.29, 0.717) is 0 Å². The van der Waals surface area contributed by atoms with E-state index in [4.69, 9.17) is 0 Å². The van der Waals surface area contributed by atoms with Crippen LogP contribution in [0.2, 0.25) is 0 Å². The van der Waals surface area contributed by atoms with Crippen LogP contribution >= 0.6 is 12.1 Å². The average molecular weight is 109 g/mol. The lowest BCUT2D eigenvalue weighted by Crippen LogP contribution is -2.11. The highest BCUT2D eigenvalue weighted by Gasteiger charge is 1.88. The van der Waals surface area contributed by atoms with E-state index in [1.807, 2.05) is 0 Å². The third-order valence-corrected chi connectivity index (χ3v) is 0.590. The summed E-state index contributed by atoms with van der Waals surface area (Å²) in [6, 6.07) is 0. The van der Waals surface area contributed by atoms with Crippen molar-refractivity contribution in [1.82, 2.24) is 0 Å². The molecule has 1 amide bonds. The molecule has 0 aromatic heterocycles. The summed E-state index contributed by atoms with van der Waals surface area (Å²) in [7, 11) is 0. The minimum absolute atomic E-state index is 0.0648. The van der Waals surface area contributed by atoms with Crippen LogP contribution in [0.15, 0.2) is 0 Å². The number of primary amides is 1. The predicted octanol–water partition coefficient (Wildman–Crippen LogP) is 0.0894. The first-order chi connectivity index (χ1) is 2.77. The molecule has 0 rings (SSSR count). The maximum absolute atomic E-state index is 10.9.